The van der Waals surface area contributed by atoms with Crippen LogP contribution in [0.2, 0.25) is 0 Å². The van der Waals surface area contributed by atoms with Crippen molar-refractivity contribution in [2.45, 2.75) is 13.8 Å². The molecule has 0 atom stereocenters. The van der Waals surface area contributed by atoms with Gasteiger partial charge in [0.1, 0.15) is 0 Å². The Bertz CT molecular complexity index is 410. The van der Waals surface area contributed by atoms with E-state index in [4.69, 9.17) is 0 Å². The second-order valence-electron chi connectivity index (χ2n) is 3.66. The molecule has 5 nitrogen and oxygen atoms in total. The fourth-order valence-electron chi connectivity index (χ4n) is 1.47. The van der Waals surface area contributed by atoms with Crippen LogP contribution in [0.5, 0.6) is 0 Å². The van der Waals surface area contributed by atoms with Crippen molar-refractivity contribution in [2.24, 2.45) is 0 Å². The molecule has 0 radical (unpaired) electrons. The van der Waals surface area contributed by atoms with Crippen LogP contribution in [0.25, 0.3) is 0 Å². The Kier molecular flexibility index (Phi) is 4.84. The van der Waals surface area contributed by atoms with Crippen molar-refractivity contribution in [1.29, 1.82) is 0 Å². The van der Waals surface area contributed by atoms with Gasteiger partial charge in [-0.05, 0) is 19.5 Å². The summed E-state index contributed by atoms with van der Waals surface area (Å²) in [5.41, 5.74) is 0.549. The molecular formula is C11H16FN3O2. The third-order valence-corrected chi connectivity index (χ3v) is 2.35. The van der Waals surface area contributed by atoms with E-state index >= 15 is 0 Å². The molecule has 0 amide bonds. The van der Waals surface area contributed by atoms with Gasteiger partial charge in [-0.1, -0.05) is 6.92 Å². The molecule has 1 aromatic rings. The summed E-state index contributed by atoms with van der Waals surface area (Å²) in [6, 6.07) is 2.41. The summed E-state index contributed by atoms with van der Waals surface area (Å²) in [7, 11) is 0. The van der Waals surface area contributed by atoms with Gasteiger partial charge < -0.3 is 10.6 Å². The smallest absolute Gasteiger partial charge is 0.275 e. The van der Waals surface area contributed by atoms with Crippen LogP contribution in [0.15, 0.2) is 12.1 Å². The van der Waals surface area contributed by atoms with E-state index in [9.17, 15) is 14.5 Å². The molecule has 17 heavy (non-hydrogen) atoms. The minimum atomic E-state index is -0.598. The lowest BCUT2D eigenvalue weighted by Crippen LogP contribution is -2.22. The molecule has 0 spiro atoms. The third-order valence-electron chi connectivity index (χ3n) is 2.35. The zero-order chi connectivity index (χ0) is 12.8. The van der Waals surface area contributed by atoms with Crippen molar-refractivity contribution in [3.05, 3.63) is 33.6 Å². The number of benzene rings is 1. The number of nitrogens with zero attached hydrogens (tertiary/aromatic N) is 1. The molecule has 2 N–H and O–H groups in total. The maximum Gasteiger partial charge on any atom is 0.275 e. The van der Waals surface area contributed by atoms with Crippen LogP contribution in [-0.4, -0.2) is 24.6 Å². The van der Waals surface area contributed by atoms with Gasteiger partial charge in [0.2, 0.25) is 0 Å². The van der Waals surface area contributed by atoms with Crippen LogP contribution in [0.4, 0.5) is 15.8 Å². The summed E-state index contributed by atoms with van der Waals surface area (Å²) in [4.78, 5) is 10.0. The van der Waals surface area contributed by atoms with E-state index < -0.39 is 10.7 Å². The predicted molar refractivity (Wildman–Crippen MR) is 64.8 cm³/mol. The first kappa shape index (κ1) is 13.4. The molecule has 0 aromatic heterocycles. The third kappa shape index (κ3) is 3.67. The highest BCUT2D eigenvalue weighted by Crippen LogP contribution is 2.24. The largest absolute Gasteiger partial charge is 0.381 e. The monoisotopic (exact) mass is 241 g/mol. The highest BCUT2D eigenvalue weighted by atomic mass is 19.1. The van der Waals surface area contributed by atoms with Crippen LogP contribution < -0.4 is 10.6 Å². The standard InChI is InChI=1S/C11H16FN3O2/c1-3-13-4-5-14-10-6-8(2)11(15(16)17)7-9(10)12/h6-7,13-14H,3-5H2,1-2H3. The first-order valence-electron chi connectivity index (χ1n) is 5.45. The van der Waals surface area contributed by atoms with Gasteiger partial charge in [0.05, 0.1) is 16.7 Å². The number of anilines is 1. The lowest BCUT2D eigenvalue weighted by Gasteiger charge is -2.09. The van der Waals surface area contributed by atoms with E-state index in [0.29, 0.717) is 24.3 Å². The topological polar surface area (TPSA) is 67.2 Å². The minimum Gasteiger partial charge on any atom is -0.381 e. The van der Waals surface area contributed by atoms with Crippen molar-refractivity contribution in [3.8, 4) is 0 Å². The molecule has 0 fully saturated rings. The zero-order valence-corrected chi connectivity index (χ0v) is 9.92. The number of rotatable bonds is 6. The molecule has 0 saturated carbocycles. The van der Waals surface area contributed by atoms with Crippen LogP contribution in [0, 0.1) is 22.9 Å². The first-order chi connectivity index (χ1) is 8.06. The molecule has 0 aliphatic heterocycles. The summed E-state index contributed by atoms with van der Waals surface area (Å²) in [6.45, 7) is 5.71. The number of hydrogen-bond acceptors (Lipinski definition) is 4. The first-order valence-corrected chi connectivity index (χ1v) is 5.45. The maximum atomic E-state index is 13.5. The lowest BCUT2D eigenvalue weighted by atomic mass is 10.1. The highest BCUT2D eigenvalue weighted by molar-refractivity contribution is 5.54. The van der Waals surface area contributed by atoms with E-state index in [1.807, 2.05) is 6.92 Å². The van der Waals surface area contributed by atoms with Crippen LogP contribution in [-0.2, 0) is 0 Å². The summed E-state index contributed by atoms with van der Waals surface area (Å²) in [5.74, 6) is -0.598. The number of halogens is 1. The number of aryl methyl sites for hydroxylation is 1. The summed E-state index contributed by atoms with van der Waals surface area (Å²) >= 11 is 0. The van der Waals surface area contributed by atoms with Crippen molar-refractivity contribution < 1.29 is 9.31 Å². The fraction of sp³-hybridized carbons (Fsp3) is 0.455. The SMILES string of the molecule is CCNCCNc1cc(C)c([N+](=O)[O-])cc1F. The summed E-state index contributed by atoms with van der Waals surface area (Å²) in [5, 5.41) is 16.6. The van der Waals surface area contributed by atoms with E-state index in [1.165, 1.54) is 6.07 Å². The molecule has 0 saturated heterocycles. The Morgan fingerprint density at radius 3 is 2.71 bits per heavy atom. The lowest BCUT2D eigenvalue weighted by molar-refractivity contribution is -0.385. The molecule has 1 aromatic carbocycles. The number of nitrogens with one attached hydrogen (secondary N) is 2. The second kappa shape index (κ2) is 6.15. The van der Waals surface area contributed by atoms with E-state index in [-0.39, 0.29) is 5.69 Å². The van der Waals surface area contributed by atoms with Gasteiger partial charge in [0, 0.05) is 18.7 Å². The van der Waals surface area contributed by atoms with Crippen LogP contribution >= 0.6 is 0 Å². The molecule has 1 rings (SSSR count). The van der Waals surface area contributed by atoms with Crippen molar-refractivity contribution in [3.63, 3.8) is 0 Å². The summed E-state index contributed by atoms with van der Waals surface area (Å²) in [6.07, 6.45) is 0. The van der Waals surface area contributed by atoms with Gasteiger partial charge in [0.15, 0.2) is 5.82 Å². The van der Waals surface area contributed by atoms with Gasteiger partial charge in [-0.15, -0.1) is 0 Å². The molecule has 0 heterocycles. The second-order valence-corrected chi connectivity index (χ2v) is 3.66. The average Bonchev–Trinajstić information content (AvgIpc) is 2.28. The van der Waals surface area contributed by atoms with Gasteiger partial charge in [-0.2, -0.15) is 0 Å². The fourth-order valence-corrected chi connectivity index (χ4v) is 1.47. The van der Waals surface area contributed by atoms with Gasteiger partial charge in [-0.3, -0.25) is 10.1 Å². The Labute approximate surface area is 99.2 Å². The quantitative estimate of drug-likeness (QED) is 0.454. The molecule has 0 unspecified atom stereocenters. The molecule has 6 heteroatoms. The van der Waals surface area contributed by atoms with Crippen molar-refractivity contribution >= 4 is 11.4 Å². The number of hydrogen-bond donors (Lipinski definition) is 2. The minimum absolute atomic E-state index is 0.195. The average molecular weight is 241 g/mol. The van der Waals surface area contributed by atoms with E-state index in [1.54, 1.807) is 6.92 Å². The molecule has 0 aliphatic rings. The van der Waals surface area contributed by atoms with Crippen LogP contribution in [0.1, 0.15) is 12.5 Å². The van der Waals surface area contributed by atoms with Crippen LogP contribution in [0.3, 0.4) is 0 Å². The Morgan fingerprint density at radius 2 is 2.12 bits per heavy atom. The number of nitro benzene ring substituents is 1. The Morgan fingerprint density at radius 1 is 1.41 bits per heavy atom. The normalized spacial score (nSPS) is 10.3. The molecule has 94 valence electrons. The zero-order valence-electron chi connectivity index (χ0n) is 9.92. The number of likely N-dealkylation sites (N-methyl/N-ethyl adjacent to an activating group) is 1. The Balaban J connectivity index is 2.74. The molecule has 0 aliphatic carbocycles. The van der Waals surface area contributed by atoms with Crippen molar-refractivity contribution in [1.82, 2.24) is 5.32 Å². The van der Waals surface area contributed by atoms with E-state index in [0.717, 1.165) is 12.6 Å². The Hall–Kier alpha value is -1.69. The van der Waals surface area contributed by atoms with Crippen molar-refractivity contribution in [2.75, 3.05) is 25.0 Å². The van der Waals surface area contributed by atoms with Gasteiger partial charge in [0.25, 0.3) is 5.69 Å². The predicted octanol–water partition coefficient (Wildman–Crippen LogP) is 2.06. The molecule has 0 bridgehead atoms. The maximum absolute atomic E-state index is 13.5. The number of nitro groups is 1. The summed E-state index contributed by atoms with van der Waals surface area (Å²) < 4.78 is 13.5. The van der Waals surface area contributed by atoms with Gasteiger partial charge in [-0.25, -0.2) is 4.39 Å². The highest BCUT2D eigenvalue weighted by Gasteiger charge is 2.14. The van der Waals surface area contributed by atoms with E-state index in [2.05, 4.69) is 10.6 Å². The van der Waals surface area contributed by atoms with Gasteiger partial charge >= 0.3 is 0 Å². The molecular weight excluding hydrogens is 225 g/mol.